The fourth-order valence-electron chi connectivity index (χ4n) is 2.61. The maximum absolute atomic E-state index is 12.1. The quantitative estimate of drug-likeness (QED) is 0.860. The van der Waals surface area contributed by atoms with Crippen LogP contribution in [0.15, 0.2) is 12.4 Å². The molecule has 0 bridgehead atoms. The maximum Gasteiger partial charge on any atom is 0.410 e. The van der Waals surface area contributed by atoms with Crippen molar-refractivity contribution in [2.24, 2.45) is 5.92 Å². The molecule has 1 N–H and O–H groups in total. The number of carboxylic acids is 1. The number of hydrogen-bond acceptors (Lipinski definition) is 5. The van der Waals surface area contributed by atoms with E-state index in [1.165, 1.54) is 10.9 Å². The van der Waals surface area contributed by atoms with Crippen molar-refractivity contribution in [3.63, 3.8) is 0 Å². The Bertz CT molecular complexity index is 639. The maximum atomic E-state index is 12.1. The Kier molecular flexibility index (Phi) is 5.83. The number of amides is 1. The molecule has 0 aromatic carbocycles. The van der Waals surface area contributed by atoms with Gasteiger partial charge in [-0.15, -0.1) is 0 Å². The molecule has 8 nitrogen and oxygen atoms in total. The molecule has 1 saturated heterocycles. The molecule has 2 rings (SSSR count). The highest BCUT2D eigenvalue weighted by Crippen LogP contribution is 2.23. The Balaban J connectivity index is 1.80. The highest BCUT2D eigenvalue weighted by Gasteiger charge is 2.31. The number of ether oxygens (including phenoxy) is 2. The Morgan fingerprint density at radius 2 is 1.85 bits per heavy atom. The van der Waals surface area contributed by atoms with E-state index >= 15 is 0 Å². The lowest BCUT2D eigenvalue weighted by Crippen LogP contribution is -2.42. The fourth-order valence-corrected chi connectivity index (χ4v) is 2.61. The first-order valence-electron chi connectivity index (χ1n) is 8.88. The van der Waals surface area contributed by atoms with Gasteiger partial charge in [-0.1, -0.05) is 0 Å². The van der Waals surface area contributed by atoms with Gasteiger partial charge in [0.25, 0.3) is 0 Å². The molecule has 0 saturated carbocycles. The van der Waals surface area contributed by atoms with Crippen LogP contribution in [0.25, 0.3) is 0 Å². The van der Waals surface area contributed by atoms with E-state index < -0.39 is 17.1 Å². The van der Waals surface area contributed by atoms with Gasteiger partial charge in [0, 0.05) is 13.1 Å². The lowest BCUT2D eigenvalue weighted by atomic mass is 9.98. The van der Waals surface area contributed by atoms with E-state index in [-0.39, 0.29) is 6.09 Å². The van der Waals surface area contributed by atoms with Crippen LogP contribution in [0.5, 0.6) is 5.75 Å². The first kappa shape index (κ1) is 20.1. The fraction of sp³-hybridized carbons (Fsp3) is 0.722. The van der Waals surface area contributed by atoms with Crippen LogP contribution in [0.1, 0.15) is 47.5 Å². The first-order chi connectivity index (χ1) is 12.0. The summed E-state index contributed by atoms with van der Waals surface area (Å²) in [5.74, 6) is -0.0694. The van der Waals surface area contributed by atoms with Crippen molar-refractivity contribution in [1.29, 1.82) is 0 Å². The van der Waals surface area contributed by atoms with Gasteiger partial charge in [-0.25, -0.2) is 9.59 Å². The molecular formula is C18H29N3O5. The summed E-state index contributed by atoms with van der Waals surface area (Å²) in [5, 5.41) is 13.3. The molecule has 26 heavy (non-hydrogen) atoms. The van der Waals surface area contributed by atoms with Gasteiger partial charge in [-0.2, -0.15) is 5.10 Å². The third-order valence-electron chi connectivity index (χ3n) is 4.41. The molecule has 1 aliphatic rings. The molecule has 1 amide bonds. The summed E-state index contributed by atoms with van der Waals surface area (Å²) in [6.45, 7) is 10.5. The number of piperidine rings is 1. The highest BCUT2D eigenvalue weighted by atomic mass is 16.6. The second-order valence-electron chi connectivity index (χ2n) is 8.21. The molecule has 146 valence electrons. The second-order valence-corrected chi connectivity index (χ2v) is 8.21. The van der Waals surface area contributed by atoms with E-state index in [0.29, 0.717) is 31.4 Å². The number of carbonyl (C=O) groups is 2. The standard InChI is InChI=1S/C18H29N3O5/c1-17(2,3)26-16(24)20-8-6-13(7-9-20)12-25-14-10-19-21(11-14)18(4,5)15(22)23/h10-11,13H,6-9,12H2,1-5H3,(H,22,23). The smallest absolute Gasteiger partial charge is 0.410 e. The van der Waals surface area contributed by atoms with Crippen molar-refractivity contribution in [3.8, 4) is 5.75 Å². The highest BCUT2D eigenvalue weighted by molar-refractivity contribution is 5.75. The van der Waals surface area contributed by atoms with Gasteiger partial charge in [0.15, 0.2) is 11.3 Å². The average Bonchev–Trinajstić information content (AvgIpc) is 3.01. The predicted octanol–water partition coefficient (Wildman–Crippen LogP) is 2.73. The predicted molar refractivity (Wildman–Crippen MR) is 95.2 cm³/mol. The Hall–Kier alpha value is -2.25. The molecule has 0 spiro atoms. The van der Waals surface area contributed by atoms with Gasteiger partial charge in [0.1, 0.15) is 5.60 Å². The van der Waals surface area contributed by atoms with Crippen molar-refractivity contribution in [1.82, 2.24) is 14.7 Å². The lowest BCUT2D eigenvalue weighted by Gasteiger charge is -2.33. The van der Waals surface area contributed by atoms with E-state index in [2.05, 4.69) is 5.10 Å². The number of carboxylic acid groups (broad SMARTS) is 1. The van der Waals surface area contributed by atoms with Gasteiger partial charge >= 0.3 is 12.1 Å². The van der Waals surface area contributed by atoms with Gasteiger partial charge in [-0.3, -0.25) is 4.68 Å². The minimum absolute atomic E-state index is 0.269. The van der Waals surface area contributed by atoms with Crippen LogP contribution in [0.2, 0.25) is 0 Å². The van der Waals surface area contributed by atoms with Crippen molar-refractivity contribution in [3.05, 3.63) is 12.4 Å². The summed E-state index contributed by atoms with van der Waals surface area (Å²) in [6.07, 6.45) is 4.54. The number of rotatable bonds is 5. The molecule has 0 atom stereocenters. The molecule has 1 aliphatic heterocycles. The molecular weight excluding hydrogens is 338 g/mol. The number of hydrogen-bond donors (Lipinski definition) is 1. The van der Waals surface area contributed by atoms with Gasteiger partial charge < -0.3 is 19.5 Å². The summed E-state index contributed by atoms with van der Waals surface area (Å²) in [4.78, 5) is 25.1. The minimum atomic E-state index is -1.12. The molecule has 1 aromatic heterocycles. The van der Waals surface area contributed by atoms with Crippen molar-refractivity contribution >= 4 is 12.1 Å². The largest absolute Gasteiger partial charge is 0.490 e. The molecule has 1 fully saturated rings. The summed E-state index contributed by atoms with van der Waals surface area (Å²) in [6, 6.07) is 0. The van der Waals surface area contributed by atoms with Crippen LogP contribution in [0.4, 0.5) is 4.79 Å². The molecule has 2 heterocycles. The number of carbonyl (C=O) groups excluding carboxylic acids is 1. The topological polar surface area (TPSA) is 93.9 Å². The minimum Gasteiger partial charge on any atom is -0.490 e. The Labute approximate surface area is 154 Å². The summed E-state index contributed by atoms with van der Waals surface area (Å²) >= 11 is 0. The van der Waals surface area contributed by atoms with Crippen molar-refractivity contribution < 1.29 is 24.2 Å². The van der Waals surface area contributed by atoms with Crippen molar-refractivity contribution in [2.75, 3.05) is 19.7 Å². The number of aliphatic carboxylic acids is 1. The zero-order valence-electron chi connectivity index (χ0n) is 16.2. The average molecular weight is 367 g/mol. The normalized spacial score (nSPS) is 16.4. The van der Waals surface area contributed by atoms with Crippen LogP contribution in [-0.2, 0) is 15.1 Å². The van der Waals surface area contributed by atoms with Crippen LogP contribution in [0.3, 0.4) is 0 Å². The zero-order valence-corrected chi connectivity index (χ0v) is 16.2. The molecule has 0 unspecified atom stereocenters. The lowest BCUT2D eigenvalue weighted by molar-refractivity contribution is -0.146. The Morgan fingerprint density at radius 1 is 1.23 bits per heavy atom. The van der Waals surface area contributed by atoms with Crippen LogP contribution in [-0.4, -0.2) is 57.1 Å². The van der Waals surface area contributed by atoms with E-state index in [4.69, 9.17) is 9.47 Å². The van der Waals surface area contributed by atoms with Crippen molar-refractivity contribution in [2.45, 2.75) is 58.6 Å². The monoisotopic (exact) mass is 367 g/mol. The van der Waals surface area contributed by atoms with Gasteiger partial charge in [-0.05, 0) is 53.4 Å². The van der Waals surface area contributed by atoms with Gasteiger partial charge in [0.05, 0.1) is 19.0 Å². The van der Waals surface area contributed by atoms with E-state index in [9.17, 15) is 14.7 Å². The SMILES string of the molecule is CC(C)(C)OC(=O)N1CCC(COc2cnn(C(C)(C)C(=O)O)c2)CC1. The summed E-state index contributed by atoms with van der Waals surface area (Å²) < 4.78 is 12.5. The summed E-state index contributed by atoms with van der Waals surface area (Å²) in [7, 11) is 0. The number of aromatic nitrogens is 2. The van der Waals surface area contributed by atoms with Crippen LogP contribution >= 0.6 is 0 Å². The zero-order chi connectivity index (χ0) is 19.5. The van der Waals surface area contributed by atoms with E-state index in [1.54, 1.807) is 24.9 Å². The van der Waals surface area contributed by atoms with E-state index in [0.717, 1.165) is 12.8 Å². The van der Waals surface area contributed by atoms with Crippen LogP contribution in [0, 0.1) is 5.92 Å². The number of nitrogens with zero attached hydrogens (tertiary/aromatic N) is 3. The summed E-state index contributed by atoms with van der Waals surface area (Å²) in [5.41, 5.74) is -1.61. The number of likely N-dealkylation sites (tertiary alicyclic amines) is 1. The molecule has 1 aromatic rings. The second kappa shape index (κ2) is 7.55. The first-order valence-corrected chi connectivity index (χ1v) is 8.88. The molecule has 8 heteroatoms. The Morgan fingerprint density at radius 3 is 2.38 bits per heavy atom. The van der Waals surface area contributed by atoms with Crippen LogP contribution < -0.4 is 4.74 Å². The van der Waals surface area contributed by atoms with Gasteiger partial charge in [0.2, 0.25) is 0 Å². The molecule has 0 aliphatic carbocycles. The van der Waals surface area contributed by atoms with E-state index in [1.807, 2.05) is 20.8 Å². The third kappa shape index (κ3) is 5.12. The molecule has 0 radical (unpaired) electrons. The third-order valence-corrected chi connectivity index (χ3v) is 4.41.